The van der Waals surface area contributed by atoms with Gasteiger partial charge in [0.25, 0.3) is 0 Å². The maximum absolute atomic E-state index is 13.1. The molecule has 2 fully saturated rings. The summed E-state index contributed by atoms with van der Waals surface area (Å²) in [7, 11) is 0. The Kier molecular flexibility index (Phi) is 3.55. The van der Waals surface area contributed by atoms with Gasteiger partial charge in [0.1, 0.15) is 5.82 Å². The summed E-state index contributed by atoms with van der Waals surface area (Å²) in [5.41, 5.74) is 1.11. The van der Waals surface area contributed by atoms with Gasteiger partial charge in [-0.3, -0.25) is 4.90 Å². The molecule has 1 aromatic carbocycles. The molecule has 98 valence electrons. The molecule has 0 aromatic heterocycles. The van der Waals surface area contributed by atoms with Crippen LogP contribution >= 0.6 is 11.6 Å². The summed E-state index contributed by atoms with van der Waals surface area (Å²) in [4.78, 5) is 2.51. The second kappa shape index (κ2) is 5.16. The molecule has 1 N–H and O–H groups in total. The normalized spacial score (nSPS) is 28.3. The predicted molar refractivity (Wildman–Crippen MR) is 71.2 cm³/mol. The van der Waals surface area contributed by atoms with E-state index in [1.165, 1.54) is 18.9 Å². The van der Waals surface area contributed by atoms with Gasteiger partial charge in [-0.1, -0.05) is 17.7 Å². The minimum absolute atomic E-state index is 0.227. The van der Waals surface area contributed by atoms with Crippen molar-refractivity contribution < 1.29 is 4.39 Å². The number of fused-ring (bicyclic) bond motifs is 1. The molecule has 2 heterocycles. The van der Waals surface area contributed by atoms with Gasteiger partial charge in [0.2, 0.25) is 0 Å². The van der Waals surface area contributed by atoms with Gasteiger partial charge in [0, 0.05) is 19.1 Å². The smallest absolute Gasteiger partial charge is 0.141 e. The summed E-state index contributed by atoms with van der Waals surface area (Å²) in [5.74, 6) is 0.453. The van der Waals surface area contributed by atoms with Crippen LogP contribution in [0.4, 0.5) is 4.39 Å². The maximum atomic E-state index is 13.1. The summed E-state index contributed by atoms with van der Waals surface area (Å²) in [6.07, 6.45) is 2.59. The van der Waals surface area contributed by atoms with E-state index >= 15 is 0 Å². The highest BCUT2D eigenvalue weighted by Crippen LogP contribution is 2.28. The molecule has 0 saturated carbocycles. The first-order chi connectivity index (χ1) is 8.74. The predicted octanol–water partition coefficient (Wildman–Crippen LogP) is 2.66. The molecule has 2 atom stereocenters. The zero-order valence-electron chi connectivity index (χ0n) is 10.3. The van der Waals surface area contributed by atoms with Crippen LogP contribution in [0.1, 0.15) is 18.4 Å². The van der Waals surface area contributed by atoms with Crippen molar-refractivity contribution >= 4 is 11.6 Å². The van der Waals surface area contributed by atoms with Crippen molar-refractivity contribution in [2.45, 2.75) is 25.4 Å². The van der Waals surface area contributed by atoms with Crippen LogP contribution in [-0.4, -0.2) is 30.6 Å². The van der Waals surface area contributed by atoms with Crippen LogP contribution in [0.5, 0.6) is 0 Å². The lowest BCUT2D eigenvalue weighted by Gasteiger charge is -2.37. The Balaban J connectivity index is 1.73. The Morgan fingerprint density at radius 1 is 1.39 bits per heavy atom. The van der Waals surface area contributed by atoms with Gasteiger partial charge >= 0.3 is 0 Å². The van der Waals surface area contributed by atoms with E-state index in [2.05, 4.69) is 10.2 Å². The number of likely N-dealkylation sites (tertiary alicyclic amines) is 1. The molecular weight excluding hydrogens is 251 g/mol. The lowest BCUT2D eigenvalue weighted by atomic mass is 9.91. The number of rotatable bonds is 2. The standard InChI is InChI=1S/C14H18ClFN2/c15-12-6-10(3-4-13(12)16)9-18-5-1-2-11-7-17-8-14(11)18/h3-4,6,11,14,17H,1-2,5,7-9H2. The van der Waals surface area contributed by atoms with Gasteiger partial charge in [-0.15, -0.1) is 0 Å². The lowest BCUT2D eigenvalue weighted by molar-refractivity contribution is 0.117. The van der Waals surface area contributed by atoms with Crippen molar-refractivity contribution in [1.82, 2.24) is 10.2 Å². The monoisotopic (exact) mass is 268 g/mol. The molecule has 0 amide bonds. The zero-order valence-corrected chi connectivity index (χ0v) is 11.1. The van der Waals surface area contributed by atoms with E-state index < -0.39 is 0 Å². The number of hydrogen-bond acceptors (Lipinski definition) is 2. The zero-order chi connectivity index (χ0) is 12.5. The first kappa shape index (κ1) is 12.4. The second-order valence-electron chi connectivity index (χ2n) is 5.35. The van der Waals surface area contributed by atoms with Crippen molar-refractivity contribution in [2.24, 2.45) is 5.92 Å². The molecule has 3 rings (SSSR count). The Morgan fingerprint density at radius 2 is 2.28 bits per heavy atom. The van der Waals surface area contributed by atoms with Crippen LogP contribution in [-0.2, 0) is 6.54 Å². The molecule has 2 nitrogen and oxygen atoms in total. The highest BCUT2D eigenvalue weighted by Gasteiger charge is 2.34. The quantitative estimate of drug-likeness (QED) is 0.887. The van der Waals surface area contributed by atoms with E-state index in [0.717, 1.165) is 37.7 Å². The second-order valence-corrected chi connectivity index (χ2v) is 5.75. The highest BCUT2D eigenvalue weighted by atomic mass is 35.5. The van der Waals surface area contributed by atoms with Crippen molar-refractivity contribution in [3.63, 3.8) is 0 Å². The molecule has 2 aliphatic rings. The third-order valence-electron chi connectivity index (χ3n) is 4.16. The SMILES string of the molecule is Fc1ccc(CN2CCCC3CNCC32)cc1Cl. The van der Waals surface area contributed by atoms with Gasteiger partial charge in [-0.25, -0.2) is 4.39 Å². The number of hydrogen-bond donors (Lipinski definition) is 1. The first-order valence-corrected chi connectivity index (χ1v) is 7.00. The third-order valence-corrected chi connectivity index (χ3v) is 4.45. The minimum atomic E-state index is -0.334. The molecule has 2 unspecified atom stereocenters. The van der Waals surface area contributed by atoms with Crippen LogP contribution in [0.15, 0.2) is 18.2 Å². The fourth-order valence-electron chi connectivity index (χ4n) is 3.23. The molecule has 1 aromatic rings. The van der Waals surface area contributed by atoms with Crippen molar-refractivity contribution in [1.29, 1.82) is 0 Å². The Morgan fingerprint density at radius 3 is 3.11 bits per heavy atom. The largest absolute Gasteiger partial charge is 0.315 e. The number of nitrogens with zero attached hydrogens (tertiary/aromatic N) is 1. The first-order valence-electron chi connectivity index (χ1n) is 6.63. The van der Waals surface area contributed by atoms with Gasteiger partial charge in [0.15, 0.2) is 0 Å². The van der Waals surface area contributed by atoms with Crippen LogP contribution < -0.4 is 5.32 Å². The van der Waals surface area contributed by atoms with Gasteiger partial charge in [0.05, 0.1) is 5.02 Å². The molecule has 0 aliphatic carbocycles. The Labute approximate surface area is 112 Å². The van der Waals surface area contributed by atoms with Crippen LogP contribution in [0.3, 0.4) is 0 Å². The topological polar surface area (TPSA) is 15.3 Å². The average molecular weight is 269 g/mol. The molecule has 18 heavy (non-hydrogen) atoms. The molecule has 4 heteroatoms. The van der Waals surface area contributed by atoms with Crippen molar-refractivity contribution in [3.05, 3.63) is 34.6 Å². The lowest BCUT2D eigenvalue weighted by Crippen LogP contribution is -2.44. The summed E-state index contributed by atoms with van der Waals surface area (Å²) in [6.45, 7) is 4.24. The maximum Gasteiger partial charge on any atom is 0.141 e. The summed E-state index contributed by atoms with van der Waals surface area (Å²) in [6, 6.07) is 5.70. The van der Waals surface area contributed by atoms with Gasteiger partial charge in [-0.2, -0.15) is 0 Å². The molecule has 0 radical (unpaired) electrons. The number of halogens is 2. The highest BCUT2D eigenvalue weighted by molar-refractivity contribution is 6.30. The van der Waals surface area contributed by atoms with E-state index in [4.69, 9.17) is 11.6 Å². The van der Waals surface area contributed by atoms with E-state index in [-0.39, 0.29) is 10.8 Å². The molecule has 0 spiro atoms. The van der Waals surface area contributed by atoms with Gasteiger partial charge < -0.3 is 5.32 Å². The number of benzene rings is 1. The van der Waals surface area contributed by atoms with E-state index in [1.807, 2.05) is 6.07 Å². The van der Waals surface area contributed by atoms with E-state index in [9.17, 15) is 4.39 Å². The van der Waals surface area contributed by atoms with Gasteiger partial charge in [-0.05, 0) is 49.5 Å². The minimum Gasteiger partial charge on any atom is -0.315 e. The average Bonchev–Trinajstić information content (AvgIpc) is 2.83. The Hall–Kier alpha value is -0.640. The summed E-state index contributed by atoms with van der Waals surface area (Å²) < 4.78 is 13.1. The van der Waals surface area contributed by atoms with E-state index in [1.54, 1.807) is 6.07 Å². The molecule has 0 bridgehead atoms. The van der Waals surface area contributed by atoms with Crippen LogP contribution in [0, 0.1) is 11.7 Å². The van der Waals surface area contributed by atoms with Crippen molar-refractivity contribution in [2.75, 3.05) is 19.6 Å². The van der Waals surface area contributed by atoms with Crippen LogP contribution in [0.25, 0.3) is 0 Å². The summed E-state index contributed by atoms with van der Waals surface area (Å²) >= 11 is 5.84. The third kappa shape index (κ3) is 2.40. The fraction of sp³-hybridized carbons (Fsp3) is 0.571. The number of piperidine rings is 1. The van der Waals surface area contributed by atoms with Crippen molar-refractivity contribution in [3.8, 4) is 0 Å². The molecule has 2 saturated heterocycles. The van der Waals surface area contributed by atoms with E-state index in [0.29, 0.717) is 6.04 Å². The Bertz CT molecular complexity index is 438. The molecule has 2 aliphatic heterocycles. The summed E-state index contributed by atoms with van der Waals surface area (Å²) in [5, 5.41) is 3.70. The molecular formula is C14H18ClFN2. The van der Waals surface area contributed by atoms with Crippen LogP contribution in [0.2, 0.25) is 5.02 Å². The number of nitrogens with one attached hydrogen (secondary N) is 1. The fourth-order valence-corrected chi connectivity index (χ4v) is 3.44.